The second-order valence-corrected chi connectivity index (χ2v) is 19.3. The van der Waals surface area contributed by atoms with Gasteiger partial charge in [0, 0.05) is 0 Å². The summed E-state index contributed by atoms with van der Waals surface area (Å²) in [6, 6.07) is 0. The fraction of sp³-hybridized carbons (Fsp3) is 0.955. The second kappa shape index (κ2) is 54.8. The summed E-state index contributed by atoms with van der Waals surface area (Å²) >= 11 is 7.77. The SMILES string of the molecule is CCCCCCCCCCCCOC(=O)CS.CCCCCCCCCCCCOC(=O)CS.CCCCCCC[CH2][Sn][CH2]CCCCCCC. The Balaban J connectivity index is -0.000000678. The van der Waals surface area contributed by atoms with Crippen LogP contribution >= 0.6 is 25.3 Å². The van der Waals surface area contributed by atoms with Gasteiger partial charge in [-0.1, -0.05) is 129 Å². The summed E-state index contributed by atoms with van der Waals surface area (Å²) < 4.78 is 13.2. The average Bonchev–Trinajstić information content (AvgIpc) is 3.15. The first kappa shape index (κ1) is 55.8. The van der Waals surface area contributed by atoms with Gasteiger partial charge in [-0.2, -0.15) is 25.3 Å². The molecule has 4 nitrogen and oxygen atoms in total. The maximum absolute atomic E-state index is 10.8. The number of unbranched alkanes of at least 4 members (excludes halogenated alkanes) is 28. The first-order valence-corrected chi connectivity index (χ1v) is 27.6. The van der Waals surface area contributed by atoms with Gasteiger partial charge < -0.3 is 9.47 Å². The van der Waals surface area contributed by atoms with Crippen molar-refractivity contribution >= 4 is 58.3 Å². The van der Waals surface area contributed by atoms with E-state index in [9.17, 15) is 9.59 Å². The van der Waals surface area contributed by atoms with Crippen LogP contribution in [0.2, 0.25) is 8.87 Å². The normalized spacial score (nSPS) is 10.6. The Morgan fingerprint density at radius 2 is 0.569 bits per heavy atom. The van der Waals surface area contributed by atoms with Crippen molar-refractivity contribution in [3.63, 3.8) is 0 Å². The van der Waals surface area contributed by atoms with Crippen LogP contribution in [-0.4, -0.2) is 57.8 Å². The molecule has 0 amide bonds. The Hall–Kier alpha value is 0.439. The van der Waals surface area contributed by atoms with Crippen LogP contribution in [-0.2, 0) is 19.1 Å². The van der Waals surface area contributed by atoms with Gasteiger partial charge in [0.05, 0.1) is 24.7 Å². The molecule has 0 aromatic heterocycles. The third kappa shape index (κ3) is 59.9. The molecule has 0 aromatic rings. The Labute approximate surface area is 342 Å². The number of esters is 2. The van der Waals surface area contributed by atoms with Crippen molar-refractivity contribution in [2.24, 2.45) is 0 Å². The molecule has 0 unspecified atom stereocenters. The van der Waals surface area contributed by atoms with Gasteiger partial charge in [-0.05, 0) is 12.8 Å². The van der Waals surface area contributed by atoms with Gasteiger partial charge in [0.2, 0.25) is 0 Å². The maximum atomic E-state index is 10.8. The number of ether oxygens (including phenoxy) is 2. The van der Waals surface area contributed by atoms with Gasteiger partial charge in [0.25, 0.3) is 0 Å². The van der Waals surface area contributed by atoms with Crippen molar-refractivity contribution in [3.8, 4) is 0 Å². The molecular formula is C44H90O4S2Sn. The van der Waals surface area contributed by atoms with E-state index in [0.29, 0.717) is 13.2 Å². The van der Waals surface area contributed by atoms with Crippen molar-refractivity contribution in [2.75, 3.05) is 24.7 Å². The predicted octanol–water partition coefficient (Wildman–Crippen LogP) is 15.0. The number of carbonyl (C=O) groups excluding carboxylic acids is 2. The number of thiol groups is 2. The summed E-state index contributed by atoms with van der Waals surface area (Å²) in [6.45, 7) is 10.2. The number of hydrogen-bond donors (Lipinski definition) is 2. The first-order chi connectivity index (χ1) is 25.0. The zero-order chi connectivity index (χ0) is 38.1. The first-order valence-electron chi connectivity index (χ1n) is 22.3. The topological polar surface area (TPSA) is 52.6 Å². The third-order valence-corrected chi connectivity index (χ3v) is 13.7. The molecule has 0 spiro atoms. The molecule has 0 aliphatic rings. The van der Waals surface area contributed by atoms with Crippen LogP contribution in [0.15, 0.2) is 0 Å². The molecule has 0 saturated carbocycles. The predicted molar refractivity (Wildman–Crippen MR) is 235 cm³/mol. The summed E-state index contributed by atoms with van der Waals surface area (Å²) in [7, 11) is 0. The molecule has 51 heavy (non-hydrogen) atoms. The van der Waals surface area contributed by atoms with E-state index in [0.717, 1.165) is 12.8 Å². The average molecular weight is 866 g/mol. The number of hydrogen-bond acceptors (Lipinski definition) is 6. The molecule has 0 N–H and O–H groups in total. The second-order valence-electron chi connectivity index (χ2n) is 14.4. The standard InChI is InChI=1S/2C14H28O2S.2C8H17.Sn/c2*1-2-3-4-5-6-7-8-9-10-11-12-16-14(15)13-17;2*1-3-5-7-8-6-4-2;/h2*17H,2-13H2,1H3;2*1,3-8H2,2H3;. The van der Waals surface area contributed by atoms with Crippen LogP contribution < -0.4 is 0 Å². The van der Waals surface area contributed by atoms with Gasteiger partial charge in [-0.3, -0.25) is 9.59 Å². The van der Waals surface area contributed by atoms with Crippen LogP contribution in [0.25, 0.3) is 0 Å². The molecule has 2 radical (unpaired) electrons. The van der Waals surface area contributed by atoms with Gasteiger partial charge in [0.1, 0.15) is 0 Å². The molecule has 0 aliphatic carbocycles. The Bertz CT molecular complexity index is 586. The zero-order valence-corrected chi connectivity index (χ0v) is 39.5. The molecule has 306 valence electrons. The zero-order valence-electron chi connectivity index (χ0n) is 34.9. The van der Waals surface area contributed by atoms with Crippen LogP contribution in [0.4, 0.5) is 0 Å². The molecule has 7 heteroatoms. The van der Waals surface area contributed by atoms with E-state index < -0.39 is 0 Å². The number of carbonyl (C=O) groups is 2. The molecule has 0 heterocycles. The van der Waals surface area contributed by atoms with E-state index in [-0.39, 0.29) is 44.6 Å². The van der Waals surface area contributed by atoms with E-state index in [1.807, 2.05) is 0 Å². The van der Waals surface area contributed by atoms with E-state index in [4.69, 9.17) is 9.47 Å². The molecule has 0 aromatic carbocycles. The molecule has 0 atom stereocenters. The van der Waals surface area contributed by atoms with Crippen molar-refractivity contribution in [3.05, 3.63) is 0 Å². The van der Waals surface area contributed by atoms with Crippen LogP contribution in [0.3, 0.4) is 0 Å². The van der Waals surface area contributed by atoms with Crippen LogP contribution in [0, 0.1) is 0 Å². The van der Waals surface area contributed by atoms with E-state index in [1.165, 1.54) is 180 Å². The van der Waals surface area contributed by atoms with E-state index in [1.54, 1.807) is 21.7 Å². The van der Waals surface area contributed by atoms with E-state index in [2.05, 4.69) is 53.0 Å². The minimum absolute atomic E-state index is 0.0736. The molecule has 0 rings (SSSR count). The fourth-order valence-electron chi connectivity index (χ4n) is 5.83. The summed E-state index contributed by atoms with van der Waals surface area (Å²) in [6.07, 6.45) is 43.9. The van der Waals surface area contributed by atoms with Crippen molar-refractivity contribution in [2.45, 2.75) is 242 Å². The van der Waals surface area contributed by atoms with E-state index >= 15 is 0 Å². The molecular weight excluding hydrogens is 775 g/mol. The van der Waals surface area contributed by atoms with Crippen LogP contribution in [0.5, 0.6) is 0 Å². The van der Waals surface area contributed by atoms with Crippen LogP contribution in [0.1, 0.15) is 233 Å². The summed E-state index contributed by atoms with van der Waals surface area (Å²) in [4.78, 5) is 21.5. The minimum atomic E-state index is -0.204. The van der Waals surface area contributed by atoms with Gasteiger partial charge in [0.15, 0.2) is 0 Å². The Morgan fingerprint density at radius 3 is 0.804 bits per heavy atom. The molecule has 0 aliphatic heterocycles. The monoisotopic (exact) mass is 867 g/mol. The number of rotatable bonds is 38. The van der Waals surface area contributed by atoms with Crippen molar-refractivity contribution in [1.29, 1.82) is 0 Å². The van der Waals surface area contributed by atoms with Crippen molar-refractivity contribution in [1.82, 2.24) is 0 Å². The molecule has 0 fully saturated rings. The van der Waals surface area contributed by atoms with Gasteiger partial charge in [-0.15, -0.1) is 0 Å². The van der Waals surface area contributed by atoms with Gasteiger partial charge in [-0.25, -0.2) is 0 Å². The van der Waals surface area contributed by atoms with Gasteiger partial charge >= 0.3 is 133 Å². The van der Waals surface area contributed by atoms with Crippen molar-refractivity contribution < 1.29 is 19.1 Å². The summed E-state index contributed by atoms with van der Waals surface area (Å²) in [5.41, 5.74) is 0. The quantitative estimate of drug-likeness (QED) is 0.0281. The fourth-order valence-corrected chi connectivity index (χ4v) is 9.58. The third-order valence-electron chi connectivity index (χ3n) is 9.19. The summed E-state index contributed by atoms with van der Waals surface area (Å²) in [5, 5.41) is 0. The summed E-state index contributed by atoms with van der Waals surface area (Å²) in [5.74, 6) is -0.0243. The Kier molecular flexibility index (Phi) is 59.9. The molecule has 0 bridgehead atoms. The Morgan fingerprint density at radius 1 is 0.353 bits per heavy atom. The molecule has 0 saturated heterocycles.